The first-order valence-electron chi connectivity index (χ1n) is 4.27. The molecule has 0 spiro atoms. The predicted molar refractivity (Wildman–Crippen MR) is 49.9 cm³/mol. The average Bonchev–Trinajstić information content (AvgIpc) is 2.19. The standard InChI is InChI=1S/C9H7F2N3O2/c1-5-4-13-6(2-3-12)7(9(10)11)8(5)14(15)16/h4,9H,2H2,1H3. The van der Waals surface area contributed by atoms with Crippen molar-refractivity contribution in [2.24, 2.45) is 0 Å². The summed E-state index contributed by atoms with van der Waals surface area (Å²) in [7, 11) is 0. The Morgan fingerprint density at radius 2 is 2.31 bits per heavy atom. The second-order valence-electron chi connectivity index (χ2n) is 3.04. The van der Waals surface area contributed by atoms with Crippen LogP contribution in [0.2, 0.25) is 0 Å². The molecule has 0 atom stereocenters. The number of hydrogen-bond acceptors (Lipinski definition) is 4. The first-order chi connectivity index (χ1) is 7.49. The zero-order valence-electron chi connectivity index (χ0n) is 8.28. The molecule has 1 aromatic rings. The minimum absolute atomic E-state index is 0.0574. The zero-order valence-corrected chi connectivity index (χ0v) is 8.28. The van der Waals surface area contributed by atoms with E-state index < -0.39 is 22.6 Å². The molecule has 0 aliphatic heterocycles. The van der Waals surface area contributed by atoms with Gasteiger partial charge >= 0.3 is 0 Å². The van der Waals surface area contributed by atoms with Crippen LogP contribution in [-0.4, -0.2) is 9.91 Å². The fourth-order valence-electron chi connectivity index (χ4n) is 1.34. The van der Waals surface area contributed by atoms with E-state index >= 15 is 0 Å². The third kappa shape index (κ3) is 2.11. The summed E-state index contributed by atoms with van der Waals surface area (Å²) in [5.41, 5.74) is -1.60. The number of nitriles is 1. The van der Waals surface area contributed by atoms with Gasteiger partial charge in [-0.05, 0) is 6.92 Å². The molecule has 0 unspecified atom stereocenters. The van der Waals surface area contributed by atoms with Gasteiger partial charge in [-0.2, -0.15) is 5.26 Å². The van der Waals surface area contributed by atoms with Crippen molar-refractivity contribution in [3.8, 4) is 6.07 Å². The van der Waals surface area contributed by atoms with E-state index in [-0.39, 0.29) is 17.7 Å². The van der Waals surface area contributed by atoms with Gasteiger partial charge in [-0.25, -0.2) is 8.78 Å². The maximum Gasteiger partial charge on any atom is 0.284 e. The van der Waals surface area contributed by atoms with Crippen LogP contribution in [0.3, 0.4) is 0 Å². The van der Waals surface area contributed by atoms with E-state index in [0.29, 0.717) is 0 Å². The molecule has 0 fully saturated rings. The fourth-order valence-corrected chi connectivity index (χ4v) is 1.34. The predicted octanol–water partition coefficient (Wildman–Crippen LogP) is 2.30. The van der Waals surface area contributed by atoms with E-state index in [2.05, 4.69) is 4.98 Å². The Morgan fingerprint density at radius 1 is 1.69 bits per heavy atom. The Bertz CT molecular complexity index is 469. The van der Waals surface area contributed by atoms with Crippen LogP contribution < -0.4 is 0 Å². The van der Waals surface area contributed by atoms with E-state index in [1.807, 2.05) is 0 Å². The van der Waals surface area contributed by atoms with Gasteiger partial charge in [-0.15, -0.1) is 0 Å². The molecule has 0 aliphatic carbocycles. The minimum Gasteiger partial charge on any atom is -0.259 e. The molecular formula is C9H7F2N3O2. The molecule has 0 saturated heterocycles. The van der Waals surface area contributed by atoms with E-state index in [1.54, 1.807) is 6.07 Å². The highest BCUT2D eigenvalue weighted by Crippen LogP contribution is 2.33. The van der Waals surface area contributed by atoms with Crippen LogP contribution in [0.15, 0.2) is 6.20 Å². The third-order valence-electron chi connectivity index (χ3n) is 2.00. The molecule has 0 saturated carbocycles. The lowest BCUT2D eigenvalue weighted by Gasteiger charge is -2.07. The van der Waals surface area contributed by atoms with Crippen molar-refractivity contribution in [2.45, 2.75) is 19.8 Å². The maximum atomic E-state index is 12.7. The summed E-state index contributed by atoms with van der Waals surface area (Å²) in [6.45, 7) is 1.33. The van der Waals surface area contributed by atoms with Crippen LogP contribution in [0.4, 0.5) is 14.5 Å². The van der Waals surface area contributed by atoms with Gasteiger partial charge in [0.1, 0.15) is 5.56 Å². The second-order valence-corrected chi connectivity index (χ2v) is 3.04. The van der Waals surface area contributed by atoms with Gasteiger partial charge in [0.2, 0.25) is 0 Å². The molecule has 1 aromatic heterocycles. The largest absolute Gasteiger partial charge is 0.284 e. The summed E-state index contributed by atoms with van der Waals surface area (Å²) in [6, 6.07) is 1.65. The zero-order chi connectivity index (χ0) is 12.3. The van der Waals surface area contributed by atoms with Crippen LogP contribution in [-0.2, 0) is 6.42 Å². The molecular weight excluding hydrogens is 220 g/mol. The number of aromatic nitrogens is 1. The van der Waals surface area contributed by atoms with Gasteiger partial charge in [-0.3, -0.25) is 15.1 Å². The Kier molecular flexibility index (Phi) is 3.45. The van der Waals surface area contributed by atoms with Gasteiger partial charge < -0.3 is 0 Å². The van der Waals surface area contributed by atoms with Crippen molar-refractivity contribution < 1.29 is 13.7 Å². The molecule has 1 heterocycles. The van der Waals surface area contributed by atoms with Crippen LogP contribution >= 0.6 is 0 Å². The van der Waals surface area contributed by atoms with E-state index in [9.17, 15) is 18.9 Å². The number of nitrogens with zero attached hydrogens (tertiary/aromatic N) is 3. The van der Waals surface area contributed by atoms with Crippen molar-refractivity contribution in [3.05, 3.63) is 33.1 Å². The topological polar surface area (TPSA) is 79.8 Å². The van der Waals surface area contributed by atoms with Crippen molar-refractivity contribution >= 4 is 5.69 Å². The first kappa shape index (κ1) is 12.0. The lowest BCUT2D eigenvalue weighted by atomic mass is 10.1. The summed E-state index contributed by atoms with van der Waals surface area (Å²) in [6.07, 6.45) is -2.27. The summed E-state index contributed by atoms with van der Waals surface area (Å²) in [5, 5.41) is 19.1. The fraction of sp³-hybridized carbons (Fsp3) is 0.333. The summed E-state index contributed by atoms with van der Waals surface area (Å²) < 4.78 is 25.4. The van der Waals surface area contributed by atoms with Crippen molar-refractivity contribution in [2.75, 3.05) is 0 Å². The van der Waals surface area contributed by atoms with Gasteiger partial charge in [0.05, 0.1) is 23.1 Å². The van der Waals surface area contributed by atoms with Crippen LogP contribution in [0.1, 0.15) is 23.2 Å². The SMILES string of the molecule is Cc1cnc(CC#N)c(C(F)F)c1[N+](=O)[O-]. The van der Waals surface area contributed by atoms with Gasteiger partial charge in [0.15, 0.2) is 0 Å². The minimum atomic E-state index is -3.02. The first-order valence-corrected chi connectivity index (χ1v) is 4.27. The highest BCUT2D eigenvalue weighted by atomic mass is 19.3. The van der Waals surface area contributed by atoms with Gasteiger partial charge in [0, 0.05) is 11.8 Å². The number of aryl methyl sites for hydroxylation is 1. The lowest BCUT2D eigenvalue weighted by molar-refractivity contribution is -0.387. The smallest absolute Gasteiger partial charge is 0.259 e. The Labute approximate surface area is 89.5 Å². The normalized spacial score (nSPS) is 10.2. The second kappa shape index (κ2) is 4.61. The molecule has 0 bridgehead atoms. The summed E-state index contributed by atoms with van der Waals surface area (Å²) >= 11 is 0. The summed E-state index contributed by atoms with van der Waals surface area (Å²) in [4.78, 5) is 13.4. The molecule has 0 amide bonds. The van der Waals surface area contributed by atoms with E-state index in [0.717, 1.165) is 6.20 Å². The Balaban J connectivity index is 3.51. The van der Waals surface area contributed by atoms with Crippen molar-refractivity contribution in [3.63, 3.8) is 0 Å². The molecule has 1 rings (SSSR count). The highest BCUT2D eigenvalue weighted by molar-refractivity contribution is 5.49. The number of halogens is 2. The van der Waals surface area contributed by atoms with Crippen molar-refractivity contribution in [1.29, 1.82) is 5.26 Å². The van der Waals surface area contributed by atoms with E-state index in [4.69, 9.17) is 5.26 Å². The van der Waals surface area contributed by atoms with Gasteiger partial charge in [-0.1, -0.05) is 0 Å². The van der Waals surface area contributed by atoms with Crippen LogP contribution in [0.5, 0.6) is 0 Å². The maximum absolute atomic E-state index is 12.7. The molecule has 0 aromatic carbocycles. The Hall–Kier alpha value is -2.10. The quantitative estimate of drug-likeness (QED) is 0.586. The number of nitro groups is 1. The number of hydrogen-bond donors (Lipinski definition) is 0. The van der Waals surface area contributed by atoms with Crippen molar-refractivity contribution in [1.82, 2.24) is 4.98 Å². The monoisotopic (exact) mass is 227 g/mol. The molecule has 5 nitrogen and oxygen atoms in total. The molecule has 0 N–H and O–H groups in total. The molecule has 16 heavy (non-hydrogen) atoms. The van der Waals surface area contributed by atoms with Crippen LogP contribution in [0, 0.1) is 28.4 Å². The number of rotatable bonds is 3. The van der Waals surface area contributed by atoms with E-state index in [1.165, 1.54) is 6.92 Å². The lowest BCUT2D eigenvalue weighted by Crippen LogP contribution is -2.05. The number of pyridine rings is 1. The average molecular weight is 227 g/mol. The Morgan fingerprint density at radius 3 is 2.75 bits per heavy atom. The molecule has 0 aliphatic rings. The molecule has 0 radical (unpaired) electrons. The number of alkyl halides is 2. The molecule has 7 heteroatoms. The summed E-state index contributed by atoms with van der Waals surface area (Å²) in [5.74, 6) is 0. The molecule has 84 valence electrons. The van der Waals surface area contributed by atoms with Gasteiger partial charge in [0.25, 0.3) is 12.1 Å². The highest BCUT2D eigenvalue weighted by Gasteiger charge is 2.28. The van der Waals surface area contributed by atoms with Crippen LogP contribution in [0.25, 0.3) is 0 Å². The third-order valence-corrected chi connectivity index (χ3v) is 2.00.